The number of hydrogen-bond acceptors (Lipinski definition) is 4. The van der Waals surface area contributed by atoms with Crippen molar-refractivity contribution in [3.05, 3.63) is 29.8 Å². The zero-order valence-corrected chi connectivity index (χ0v) is 18.2. The molecule has 1 aromatic carbocycles. The Labute approximate surface area is 171 Å². The zero-order chi connectivity index (χ0) is 20.2. The van der Waals surface area contributed by atoms with Crippen molar-refractivity contribution in [2.75, 3.05) is 66.0 Å². The van der Waals surface area contributed by atoms with E-state index >= 15 is 0 Å². The molecule has 0 saturated carbocycles. The van der Waals surface area contributed by atoms with Crippen molar-refractivity contribution in [2.45, 2.75) is 27.2 Å². The molecule has 28 heavy (non-hydrogen) atoms. The van der Waals surface area contributed by atoms with Gasteiger partial charge in [0.25, 0.3) is 0 Å². The molecule has 0 amide bonds. The number of rotatable bonds is 10. The SMILES string of the molecule is CCNC(=NCC(C)CN1CCN(CC)CC1)NCCc1ccccc1OC. The van der Waals surface area contributed by atoms with E-state index in [1.807, 2.05) is 12.1 Å². The number of para-hydroxylation sites is 1. The molecule has 0 aromatic heterocycles. The maximum Gasteiger partial charge on any atom is 0.191 e. The average molecular weight is 390 g/mol. The summed E-state index contributed by atoms with van der Waals surface area (Å²) in [6.07, 6.45) is 0.908. The van der Waals surface area contributed by atoms with E-state index in [1.54, 1.807) is 7.11 Å². The van der Waals surface area contributed by atoms with Gasteiger partial charge in [0, 0.05) is 52.4 Å². The minimum Gasteiger partial charge on any atom is -0.496 e. The van der Waals surface area contributed by atoms with Crippen molar-refractivity contribution in [3.8, 4) is 5.75 Å². The van der Waals surface area contributed by atoms with Crippen LogP contribution in [0.25, 0.3) is 0 Å². The molecule has 0 radical (unpaired) electrons. The number of piperazine rings is 1. The van der Waals surface area contributed by atoms with Gasteiger partial charge in [-0.05, 0) is 37.4 Å². The quantitative estimate of drug-likeness (QED) is 0.474. The first-order valence-electron chi connectivity index (χ1n) is 10.7. The Balaban J connectivity index is 1.76. The average Bonchev–Trinajstić information content (AvgIpc) is 2.73. The van der Waals surface area contributed by atoms with Crippen molar-refractivity contribution < 1.29 is 4.74 Å². The van der Waals surface area contributed by atoms with Crippen LogP contribution in [0, 0.1) is 5.92 Å². The highest BCUT2D eigenvalue weighted by Crippen LogP contribution is 2.17. The number of nitrogens with one attached hydrogen (secondary N) is 2. The molecule has 1 atom stereocenters. The highest BCUT2D eigenvalue weighted by atomic mass is 16.5. The van der Waals surface area contributed by atoms with Crippen molar-refractivity contribution in [2.24, 2.45) is 10.9 Å². The van der Waals surface area contributed by atoms with Gasteiger partial charge in [0.2, 0.25) is 0 Å². The van der Waals surface area contributed by atoms with E-state index in [1.165, 1.54) is 38.3 Å². The first kappa shape index (κ1) is 22.5. The molecular formula is C22H39N5O. The van der Waals surface area contributed by atoms with E-state index in [0.717, 1.165) is 44.3 Å². The molecule has 0 aliphatic carbocycles. The number of ether oxygens (including phenoxy) is 1. The summed E-state index contributed by atoms with van der Waals surface area (Å²) in [7, 11) is 1.72. The minimum absolute atomic E-state index is 0.554. The molecule has 1 aliphatic rings. The number of methoxy groups -OCH3 is 1. The van der Waals surface area contributed by atoms with Crippen molar-refractivity contribution in [3.63, 3.8) is 0 Å². The third-order valence-electron chi connectivity index (χ3n) is 5.27. The zero-order valence-electron chi connectivity index (χ0n) is 18.2. The Bertz CT molecular complexity index is 584. The van der Waals surface area contributed by atoms with Gasteiger partial charge in [-0.25, -0.2) is 0 Å². The van der Waals surface area contributed by atoms with E-state index < -0.39 is 0 Å². The van der Waals surface area contributed by atoms with Crippen molar-refractivity contribution in [1.29, 1.82) is 0 Å². The first-order valence-corrected chi connectivity index (χ1v) is 10.7. The normalized spacial score (nSPS) is 17.4. The fourth-order valence-electron chi connectivity index (χ4n) is 3.60. The first-order chi connectivity index (χ1) is 13.7. The third kappa shape index (κ3) is 7.68. The van der Waals surface area contributed by atoms with Gasteiger partial charge in [-0.15, -0.1) is 0 Å². The van der Waals surface area contributed by atoms with E-state index in [2.05, 4.69) is 53.3 Å². The maximum absolute atomic E-state index is 5.43. The Morgan fingerprint density at radius 3 is 2.50 bits per heavy atom. The number of aliphatic imine (C=N–C) groups is 1. The molecule has 1 heterocycles. The van der Waals surface area contributed by atoms with Crippen LogP contribution in [-0.2, 0) is 6.42 Å². The standard InChI is InChI=1S/C22H39N5O/c1-5-23-22(24-12-11-20-9-7-8-10-21(20)28-4)25-17-19(3)18-27-15-13-26(6-2)14-16-27/h7-10,19H,5-6,11-18H2,1-4H3,(H2,23,24,25). The second-order valence-corrected chi connectivity index (χ2v) is 7.55. The van der Waals surface area contributed by atoms with Crippen LogP contribution in [-0.4, -0.2) is 81.8 Å². The van der Waals surface area contributed by atoms with Gasteiger partial charge in [0.15, 0.2) is 5.96 Å². The lowest BCUT2D eigenvalue weighted by molar-refractivity contribution is 0.125. The lowest BCUT2D eigenvalue weighted by Crippen LogP contribution is -2.47. The summed E-state index contributed by atoms with van der Waals surface area (Å²) in [5, 5.41) is 6.81. The fourth-order valence-corrected chi connectivity index (χ4v) is 3.60. The molecular weight excluding hydrogens is 350 g/mol. The van der Waals surface area contributed by atoms with Crippen LogP contribution < -0.4 is 15.4 Å². The second-order valence-electron chi connectivity index (χ2n) is 7.55. The number of likely N-dealkylation sites (N-methyl/N-ethyl adjacent to an activating group) is 1. The third-order valence-corrected chi connectivity index (χ3v) is 5.27. The van der Waals surface area contributed by atoms with Crippen molar-refractivity contribution in [1.82, 2.24) is 20.4 Å². The predicted octanol–water partition coefficient (Wildman–Crippen LogP) is 2.07. The lowest BCUT2D eigenvalue weighted by Gasteiger charge is -2.35. The molecule has 0 spiro atoms. The smallest absolute Gasteiger partial charge is 0.191 e. The number of guanidine groups is 1. The van der Waals surface area contributed by atoms with Gasteiger partial charge in [-0.1, -0.05) is 32.0 Å². The molecule has 2 N–H and O–H groups in total. The molecule has 0 bridgehead atoms. The number of benzene rings is 1. The monoisotopic (exact) mass is 389 g/mol. The molecule has 6 nitrogen and oxygen atoms in total. The molecule has 1 saturated heterocycles. The summed E-state index contributed by atoms with van der Waals surface area (Å²) in [4.78, 5) is 9.91. The molecule has 2 rings (SSSR count). The molecule has 1 unspecified atom stereocenters. The van der Waals surface area contributed by atoms with Crippen LogP contribution in [0.4, 0.5) is 0 Å². The lowest BCUT2D eigenvalue weighted by atomic mass is 10.1. The van der Waals surface area contributed by atoms with Crippen molar-refractivity contribution >= 4 is 5.96 Å². The summed E-state index contributed by atoms with van der Waals surface area (Å²) in [6, 6.07) is 8.19. The van der Waals surface area contributed by atoms with E-state index in [4.69, 9.17) is 9.73 Å². The van der Waals surface area contributed by atoms with E-state index in [-0.39, 0.29) is 0 Å². The molecule has 1 aromatic rings. The van der Waals surface area contributed by atoms with E-state index in [0.29, 0.717) is 5.92 Å². The Hall–Kier alpha value is -1.79. The molecule has 1 aliphatic heterocycles. The fraction of sp³-hybridized carbons (Fsp3) is 0.682. The van der Waals surface area contributed by atoms with E-state index in [9.17, 15) is 0 Å². The van der Waals surface area contributed by atoms with Gasteiger partial charge in [-0.2, -0.15) is 0 Å². The molecule has 1 fully saturated rings. The van der Waals surface area contributed by atoms with Crippen LogP contribution in [0.3, 0.4) is 0 Å². The van der Waals surface area contributed by atoms with Gasteiger partial charge in [-0.3, -0.25) is 4.99 Å². The molecule has 6 heteroatoms. The van der Waals surface area contributed by atoms with Gasteiger partial charge in [0.1, 0.15) is 5.75 Å². The summed E-state index contributed by atoms with van der Waals surface area (Å²) < 4.78 is 5.43. The maximum atomic E-state index is 5.43. The highest BCUT2D eigenvalue weighted by Gasteiger charge is 2.17. The Kier molecular flexibility index (Phi) is 10.1. The minimum atomic E-state index is 0.554. The van der Waals surface area contributed by atoms with Crippen LogP contribution in [0.5, 0.6) is 5.75 Å². The number of hydrogen-bond donors (Lipinski definition) is 2. The topological polar surface area (TPSA) is 52.1 Å². The summed E-state index contributed by atoms with van der Waals surface area (Å²) >= 11 is 0. The van der Waals surface area contributed by atoms with Crippen LogP contribution in [0.15, 0.2) is 29.3 Å². The second kappa shape index (κ2) is 12.6. The number of nitrogens with zero attached hydrogens (tertiary/aromatic N) is 3. The van der Waals surface area contributed by atoms with Gasteiger partial charge in [0.05, 0.1) is 7.11 Å². The van der Waals surface area contributed by atoms with Crippen LogP contribution in [0.2, 0.25) is 0 Å². The predicted molar refractivity (Wildman–Crippen MR) is 118 cm³/mol. The van der Waals surface area contributed by atoms with Crippen LogP contribution >= 0.6 is 0 Å². The Morgan fingerprint density at radius 1 is 1.11 bits per heavy atom. The summed E-state index contributed by atoms with van der Waals surface area (Å²) in [6.45, 7) is 16.2. The highest BCUT2D eigenvalue weighted by molar-refractivity contribution is 5.79. The summed E-state index contributed by atoms with van der Waals surface area (Å²) in [5.74, 6) is 2.40. The Morgan fingerprint density at radius 2 is 1.82 bits per heavy atom. The van der Waals surface area contributed by atoms with Crippen LogP contribution in [0.1, 0.15) is 26.3 Å². The largest absolute Gasteiger partial charge is 0.496 e. The molecule has 158 valence electrons. The van der Waals surface area contributed by atoms with Gasteiger partial charge < -0.3 is 25.2 Å². The van der Waals surface area contributed by atoms with Gasteiger partial charge >= 0.3 is 0 Å². The summed E-state index contributed by atoms with van der Waals surface area (Å²) in [5.41, 5.74) is 1.22.